The van der Waals surface area contributed by atoms with Crippen molar-refractivity contribution in [2.24, 2.45) is 0 Å². The molecule has 1 atom stereocenters. The second kappa shape index (κ2) is 6.89. The average Bonchev–Trinajstić information content (AvgIpc) is 3.14. The quantitative estimate of drug-likeness (QED) is 0.763. The summed E-state index contributed by atoms with van der Waals surface area (Å²) in [6.07, 6.45) is 4.02. The van der Waals surface area contributed by atoms with Gasteiger partial charge in [0.1, 0.15) is 23.5 Å². The molecule has 0 radical (unpaired) electrons. The molecule has 1 aliphatic heterocycles. The van der Waals surface area contributed by atoms with E-state index in [2.05, 4.69) is 5.32 Å². The van der Waals surface area contributed by atoms with Crippen molar-refractivity contribution in [1.82, 2.24) is 10.3 Å². The Hall–Kier alpha value is -2.59. The average molecular weight is 320 g/mol. The first kappa shape index (κ1) is 15.0. The van der Waals surface area contributed by atoms with Crippen molar-refractivity contribution in [3.63, 3.8) is 0 Å². The van der Waals surface area contributed by atoms with E-state index in [1.165, 1.54) is 0 Å². The van der Waals surface area contributed by atoms with E-state index in [9.17, 15) is 0 Å². The highest BCUT2D eigenvalue weighted by atomic mass is 16.5. The number of nitrogens with one attached hydrogen (secondary N) is 1. The van der Waals surface area contributed by atoms with E-state index < -0.39 is 0 Å². The highest BCUT2D eigenvalue weighted by Gasteiger charge is 2.21. The van der Waals surface area contributed by atoms with Crippen molar-refractivity contribution in [3.05, 3.63) is 66.8 Å². The lowest BCUT2D eigenvalue weighted by Gasteiger charge is -2.19. The topological polar surface area (TPSA) is 47.3 Å². The van der Waals surface area contributed by atoms with E-state index in [1.807, 2.05) is 54.6 Å². The lowest BCUT2D eigenvalue weighted by molar-refractivity contribution is 0.376. The number of aromatic nitrogens is 1. The van der Waals surface area contributed by atoms with Crippen molar-refractivity contribution in [1.29, 1.82) is 0 Å². The molecule has 0 aliphatic carbocycles. The second-order valence-electron chi connectivity index (χ2n) is 6.03. The van der Waals surface area contributed by atoms with E-state index in [1.54, 1.807) is 6.26 Å². The fourth-order valence-corrected chi connectivity index (χ4v) is 3.04. The van der Waals surface area contributed by atoms with Gasteiger partial charge in [0.2, 0.25) is 0 Å². The predicted molar refractivity (Wildman–Crippen MR) is 93.3 cm³/mol. The monoisotopic (exact) mass is 320 g/mol. The summed E-state index contributed by atoms with van der Waals surface area (Å²) in [5, 5.41) is 3.40. The summed E-state index contributed by atoms with van der Waals surface area (Å²) in [6, 6.07) is 17.7. The Balaban J connectivity index is 1.61. The fraction of sp³-hybridized carbons (Fsp3) is 0.250. The third kappa shape index (κ3) is 3.19. The lowest BCUT2D eigenvalue weighted by atomic mass is 10.00. The molecule has 122 valence electrons. The maximum atomic E-state index is 6.02. The first-order valence-electron chi connectivity index (χ1n) is 8.38. The molecule has 1 saturated heterocycles. The van der Waals surface area contributed by atoms with Crippen molar-refractivity contribution in [2.75, 3.05) is 13.1 Å². The van der Waals surface area contributed by atoms with Crippen LogP contribution in [0.1, 0.15) is 24.7 Å². The molecule has 2 heterocycles. The smallest absolute Gasteiger partial charge is 0.198 e. The first-order chi connectivity index (χ1) is 11.9. The molecule has 4 heteroatoms. The van der Waals surface area contributed by atoms with Gasteiger partial charge in [-0.05, 0) is 43.7 Å². The predicted octanol–water partition coefficient (Wildman–Crippen LogP) is 4.60. The molecule has 0 saturated carbocycles. The highest BCUT2D eigenvalue weighted by molar-refractivity contribution is 5.67. The molecule has 0 bridgehead atoms. The van der Waals surface area contributed by atoms with Gasteiger partial charge in [0.25, 0.3) is 0 Å². The molecule has 1 aliphatic rings. The zero-order chi connectivity index (χ0) is 16.2. The van der Waals surface area contributed by atoms with Crippen molar-refractivity contribution in [2.45, 2.75) is 18.8 Å². The third-order valence-corrected chi connectivity index (χ3v) is 4.30. The van der Waals surface area contributed by atoms with Crippen LogP contribution in [0.3, 0.4) is 0 Å². The molecule has 24 heavy (non-hydrogen) atoms. The van der Waals surface area contributed by atoms with Gasteiger partial charge < -0.3 is 14.5 Å². The molecule has 4 nitrogen and oxygen atoms in total. The van der Waals surface area contributed by atoms with E-state index in [0.29, 0.717) is 5.92 Å². The number of nitrogens with zero attached hydrogens (tertiary/aromatic N) is 1. The normalized spacial score (nSPS) is 17.6. The minimum atomic E-state index is 0.356. The molecule has 1 aromatic heterocycles. The van der Waals surface area contributed by atoms with Crippen molar-refractivity contribution < 1.29 is 9.15 Å². The SMILES string of the molecule is c1ccc(Oc2ccccc2-c2coc(C3CCCNC3)n2)cc1. The molecule has 0 amide bonds. The molecule has 4 rings (SSSR count). The van der Waals surface area contributed by atoms with Crippen LogP contribution < -0.4 is 10.1 Å². The molecule has 2 aromatic carbocycles. The van der Waals surface area contributed by atoms with Gasteiger partial charge in [0.05, 0.1) is 0 Å². The highest BCUT2D eigenvalue weighted by Crippen LogP contribution is 2.34. The molecule has 0 spiro atoms. The van der Waals surface area contributed by atoms with Gasteiger partial charge >= 0.3 is 0 Å². The van der Waals surface area contributed by atoms with Gasteiger partial charge in [0, 0.05) is 18.0 Å². The molecular formula is C20H20N2O2. The Morgan fingerprint density at radius 2 is 1.88 bits per heavy atom. The van der Waals surface area contributed by atoms with Gasteiger partial charge in [0.15, 0.2) is 5.89 Å². The Labute approximate surface area is 141 Å². The largest absolute Gasteiger partial charge is 0.457 e. The van der Waals surface area contributed by atoms with E-state index in [-0.39, 0.29) is 0 Å². The molecule has 3 aromatic rings. The summed E-state index contributed by atoms with van der Waals surface area (Å²) in [6.45, 7) is 2.01. The van der Waals surface area contributed by atoms with Crippen LogP contribution in [0.5, 0.6) is 11.5 Å². The number of piperidine rings is 1. The Morgan fingerprint density at radius 3 is 2.71 bits per heavy atom. The van der Waals surface area contributed by atoms with Crippen LogP contribution in [0.2, 0.25) is 0 Å². The lowest BCUT2D eigenvalue weighted by Crippen LogP contribution is -2.28. The van der Waals surface area contributed by atoms with Crippen molar-refractivity contribution in [3.8, 4) is 22.8 Å². The van der Waals surface area contributed by atoms with Crippen LogP contribution in [-0.4, -0.2) is 18.1 Å². The van der Waals surface area contributed by atoms with Crippen LogP contribution in [-0.2, 0) is 0 Å². The Bertz CT molecular complexity index is 792. The number of hydrogen-bond donors (Lipinski definition) is 1. The van der Waals surface area contributed by atoms with Gasteiger partial charge in [-0.25, -0.2) is 4.98 Å². The molecule has 1 unspecified atom stereocenters. The van der Waals surface area contributed by atoms with Crippen LogP contribution in [0.4, 0.5) is 0 Å². The number of hydrogen-bond acceptors (Lipinski definition) is 4. The number of rotatable bonds is 4. The standard InChI is InChI=1S/C20H20N2O2/c1-2-8-16(9-3-1)24-19-11-5-4-10-17(19)18-14-23-20(22-18)15-7-6-12-21-13-15/h1-5,8-11,14-15,21H,6-7,12-13H2. The Morgan fingerprint density at radius 1 is 1.04 bits per heavy atom. The maximum Gasteiger partial charge on any atom is 0.198 e. The molecule has 1 N–H and O–H groups in total. The van der Waals surface area contributed by atoms with Crippen LogP contribution >= 0.6 is 0 Å². The summed E-state index contributed by atoms with van der Waals surface area (Å²) in [4.78, 5) is 4.72. The number of ether oxygens (including phenoxy) is 1. The summed E-state index contributed by atoms with van der Waals surface area (Å²) >= 11 is 0. The van der Waals surface area contributed by atoms with Crippen LogP contribution in [0.25, 0.3) is 11.3 Å². The van der Waals surface area contributed by atoms with E-state index >= 15 is 0 Å². The number of benzene rings is 2. The minimum Gasteiger partial charge on any atom is -0.457 e. The van der Waals surface area contributed by atoms with Gasteiger partial charge in [-0.15, -0.1) is 0 Å². The Kier molecular flexibility index (Phi) is 4.30. The first-order valence-corrected chi connectivity index (χ1v) is 8.38. The number of oxazole rings is 1. The maximum absolute atomic E-state index is 6.02. The van der Waals surface area contributed by atoms with Gasteiger partial charge in [-0.1, -0.05) is 30.3 Å². The zero-order valence-electron chi connectivity index (χ0n) is 13.4. The van der Waals surface area contributed by atoms with Crippen LogP contribution in [0.15, 0.2) is 65.3 Å². The second-order valence-corrected chi connectivity index (χ2v) is 6.03. The van der Waals surface area contributed by atoms with E-state index in [0.717, 1.165) is 54.6 Å². The van der Waals surface area contributed by atoms with Gasteiger partial charge in [-0.3, -0.25) is 0 Å². The summed E-state index contributed by atoms with van der Waals surface area (Å²) in [7, 11) is 0. The van der Waals surface area contributed by atoms with Gasteiger partial charge in [-0.2, -0.15) is 0 Å². The van der Waals surface area contributed by atoms with E-state index in [4.69, 9.17) is 14.1 Å². The molecular weight excluding hydrogens is 300 g/mol. The summed E-state index contributed by atoms with van der Waals surface area (Å²) < 4.78 is 11.8. The third-order valence-electron chi connectivity index (χ3n) is 4.30. The van der Waals surface area contributed by atoms with Crippen LogP contribution in [0, 0.1) is 0 Å². The summed E-state index contributed by atoms with van der Waals surface area (Å²) in [5.74, 6) is 2.76. The minimum absolute atomic E-state index is 0.356. The fourth-order valence-electron chi connectivity index (χ4n) is 3.04. The summed E-state index contributed by atoms with van der Waals surface area (Å²) in [5.41, 5.74) is 1.77. The molecule has 1 fully saturated rings. The number of para-hydroxylation sites is 2. The van der Waals surface area contributed by atoms with Crippen molar-refractivity contribution >= 4 is 0 Å². The zero-order valence-corrected chi connectivity index (χ0v) is 13.4.